The number of rotatable bonds is 6. The van der Waals surface area contributed by atoms with Crippen LogP contribution in [-0.4, -0.2) is 27.4 Å². The van der Waals surface area contributed by atoms with Gasteiger partial charge in [0.1, 0.15) is 11.3 Å². The molecule has 1 aliphatic rings. The van der Waals surface area contributed by atoms with E-state index in [9.17, 15) is 14.0 Å². The number of halogens is 1. The van der Waals surface area contributed by atoms with Gasteiger partial charge in [0.25, 0.3) is 5.56 Å². The smallest absolute Gasteiger partial charge is 0.277 e. The van der Waals surface area contributed by atoms with Crippen LogP contribution in [0.4, 0.5) is 4.39 Å². The summed E-state index contributed by atoms with van der Waals surface area (Å²) in [6.07, 6.45) is 4.26. The summed E-state index contributed by atoms with van der Waals surface area (Å²) in [5.41, 5.74) is 1.21. The summed E-state index contributed by atoms with van der Waals surface area (Å²) < 4.78 is 14.5. The molecule has 6 nitrogen and oxygen atoms in total. The van der Waals surface area contributed by atoms with Crippen molar-refractivity contribution < 1.29 is 9.18 Å². The van der Waals surface area contributed by atoms with Gasteiger partial charge in [-0.15, -0.1) is 5.10 Å². The molecule has 3 aromatic rings. The molecule has 1 saturated carbocycles. The molecule has 0 radical (unpaired) electrons. The van der Waals surface area contributed by atoms with Crippen LogP contribution in [0, 0.1) is 5.82 Å². The minimum atomic E-state index is -0.257. The van der Waals surface area contributed by atoms with Gasteiger partial charge in [0, 0.05) is 18.4 Å². The second-order valence-corrected chi connectivity index (χ2v) is 7.66. The number of fused-ring (bicyclic) bond motifs is 1. The Morgan fingerprint density at radius 1 is 1.10 bits per heavy atom. The number of aryl methyl sites for hydroxylation is 1. The first-order valence-corrected chi connectivity index (χ1v) is 9.93. The lowest BCUT2D eigenvalue weighted by atomic mass is 9.79. The largest absolute Gasteiger partial charge is 0.355 e. The molecular formula is C22H23FN4O2. The molecule has 1 amide bonds. The number of carbonyl (C=O) groups is 1. The molecule has 0 bridgehead atoms. The molecule has 0 saturated heterocycles. The SMILES string of the molecule is O=C(CCn1nnc2ccccc2c1=O)NCC1(c2ccc(F)cc2)CCCC1. The second-order valence-electron chi connectivity index (χ2n) is 7.66. The van der Waals surface area contributed by atoms with Crippen molar-refractivity contribution in [2.75, 3.05) is 6.54 Å². The molecule has 150 valence electrons. The highest BCUT2D eigenvalue weighted by Gasteiger charge is 2.35. The Bertz CT molecular complexity index is 1070. The summed E-state index contributed by atoms with van der Waals surface area (Å²) in [6, 6.07) is 13.6. The summed E-state index contributed by atoms with van der Waals surface area (Å²) >= 11 is 0. The highest BCUT2D eigenvalue weighted by Crippen LogP contribution is 2.40. The van der Waals surface area contributed by atoms with E-state index in [-0.39, 0.29) is 35.7 Å². The summed E-state index contributed by atoms with van der Waals surface area (Å²) in [7, 11) is 0. The number of amides is 1. The van der Waals surface area contributed by atoms with Crippen molar-refractivity contribution in [1.82, 2.24) is 20.3 Å². The monoisotopic (exact) mass is 394 g/mol. The first-order chi connectivity index (χ1) is 14.1. The Labute approximate surface area is 167 Å². The number of benzene rings is 2. The lowest BCUT2D eigenvalue weighted by Gasteiger charge is -2.30. The number of nitrogens with one attached hydrogen (secondary N) is 1. The molecular weight excluding hydrogens is 371 g/mol. The van der Waals surface area contributed by atoms with Crippen molar-refractivity contribution in [3.63, 3.8) is 0 Å². The van der Waals surface area contributed by atoms with Crippen molar-refractivity contribution >= 4 is 16.8 Å². The third-order valence-electron chi connectivity index (χ3n) is 5.82. The van der Waals surface area contributed by atoms with E-state index in [4.69, 9.17) is 0 Å². The zero-order chi connectivity index (χ0) is 20.3. The van der Waals surface area contributed by atoms with E-state index in [1.54, 1.807) is 24.3 Å². The van der Waals surface area contributed by atoms with Gasteiger partial charge in [0.05, 0.1) is 11.9 Å². The summed E-state index contributed by atoms with van der Waals surface area (Å²) in [5.74, 6) is -0.395. The highest BCUT2D eigenvalue weighted by molar-refractivity contribution is 5.77. The normalized spacial score (nSPS) is 15.5. The lowest BCUT2D eigenvalue weighted by molar-refractivity contribution is -0.121. The third-order valence-corrected chi connectivity index (χ3v) is 5.82. The van der Waals surface area contributed by atoms with E-state index >= 15 is 0 Å². The Morgan fingerprint density at radius 3 is 2.59 bits per heavy atom. The maximum atomic E-state index is 13.3. The molecule has 1 aliphatic carbocycles. The van der Waals surface area contributed by atoms with Crippen molar-refractivity contribution in [3.05, 3.63) is 70.3 Å². The predicted molar refractivity (Wildman–Crippen MR) is 108 cm³/mol. The van der Waals surface area contributed by atoms with E-state index in [0.717, 1.165) is 31.2 Å². The molecule has 0 atom stereocenters. The summed E-state index contributed by atoms with van der Waals surface area (Å²) in [5, 5.41) is 11.5. The van der Waals surface area contributed by atoms with Gasteiger partial charge < -0.3 is 5.32 Å². The van der Waals surface area contributed by atoms with E-state index in [1.165, 1.54) is 16.8 Å². The van der Waals surface area contributed by atoms with Crippen LogP contribution in [0.15, 0.2) is 53.3 Å². The Hall–Kier alpha value is -3.09. The van der Waals surface area contributed by atoms with Gasteiger partial charge in [-0.25, -0.2) is 9.07 Å². The molecule has 0 spiro atoms. The number of hydrogen-bond donors (Lipinski definition) is 1. The molecule has 1 heterocycles. The Morgan fingerprint density at radius 2 is 1.83 bits per heavy atom. The average molecular weight is 394 g/mol. The lowest BCUT2D eigenvalue weighted by Crippen LogP contribution is -2.39. The predicted octanol–water partition coefficient (Wildman–Crippen LogP) is 2.95. The minimum Gasteiger partial charge on any atom is -0.355 e. The first-order valence-electron chi connectivity index (χ1n) is 9.93. The van der Waals surface area contributed by atoms with Crippen molar-refractivity contribution in [1.29, 1.82) is 0 Å². The van der Waals surface area contributed by atoms with E-state index in [1.807, 2.05) is 12.1 Å². The van der Waals surface area contributed by atoms with Crippen LogP contribution in [0.3, 0.4) is 0 Å². The van der Waals surface area contributed by atoms with Crippen molar-refractivity contribution in [3.8, 4) is 0 Å². The molecule has 2 aromatic carbocycles. The van der Waals surface area contributed by atoms with Crippen LogP contribution in [-0.2, 0) is 16.8 Å². The van der Waals surface area contributed by atoms with Gasteiger partial charge >= 0.3 is 0 Å². The van der Waals surface area contributed by atoms with E-state index in [2.05, 4.69) is 15.6 Å². The fourth-order valence-electron chi connectivity index (χ4n) is 4.16. The van der Waals surface area contributed by atoms with Gasteiger partial charge in [0.2, 0.25) is 5.91 Å². The quantitative estimate of drug-likeness (QED) is 0.697. The minimum absolute atomic E-state index is 0.139. The molecule has 29 heavy (non-hydrogen) atoms. The standard InChI is InChI=1S/C22H23FN4O2/c23-17-9-7-16(8-10-17)22(12-3-4-13-22)15-24-20(28)11-14-27-21(29)18-5-1-2-6-19(18)25-26-27/h1-2,5-10H,3-4,11-15H2,(H,24,28). The summed E-state index contributed by atoms with van der Waals surface area (Å²) in [4.78, 5) is 24.9. The molecule has 0 aliphatic heterocycles. The van der Waals surface area contributed by atoms with Gasteiger partial charge in [-0.2, -0.15) is 0 Å². The molecule has 1 aromatic heterocycles. The molecule has 0 unspecified atom stereocenters. The maximum absolute atomic E-state index is 13.3. The van der Waals surface area contributed by atoms with E-state index in [0.29, 0.717) is 17.4 Å². The van der Waals surface area contributed by atoms with Crippen LogP contribution >= 0.6 is 0 Å². The Kier molecular flexibility index (Phi) is 5.38. The number of aromatic nitrogens is 3. The topological polar surface area (TPSA) is 76.9 Å². The first kappa shape index (κ1) is 19.2. The fourth-order valence-corrected chi connectivity index (χ4v) is 4.16. The number of nitrogens with zero attached hydrogens (tertiary/aromatic N) is 3. The van der Waals surface area contributed by atoms with E-state index < -0.39 is 0 Å². The van der Waals surface area contributed by atoms with Gasteiger partial charge in [-0.1, -0.05) is 42.3 Å². The fraction of sp³-hybridized carbons (Fsp3) is 0.364. The van der Waals surface area contributed by atoms with Crippen LogP contribution in [0.25, 0.3) is 10.9 Å². The zero-order valence-corrected chi connectivity index (χ0v) is 16.1. The van der Waals surface area contributed by atoms with Crippen molar-refractivity contribution in [2.45, 2.75) is 44.1 Å². The third kappa shape index (κ3) is 4.04. The summed E-state index contributed by atoms with van der Waals surface area (Å²) in [6.45, 7) is 0.682. The highest BCUT2D eigenvalue weighted by atomic mass is 19.1. The zero-order valence-electron chi connectivity index (χ0n) is 16.1. The second kappa shape index (κ2) is 8.11. The van der Waals surface area contributed by atoms with Crippen LogP contribution in [0.1, 0.15) is 37.7 Å². The van der Waals surface area contributed by atoms with Crippen LogP contribution in [0.2, 0.25) is 0 Å². The van der Waals surface area contributed by atoms with Crippen LogP contribution < -0.4 is 10.9 Å². The molecule has 1 fully saturated rings. The van der Waals surface area contributed by atoms with Crippen LogP contribution in [0.5, 0.6) is 0 Å². The van der Waals surface area contributed by atoms with Gasteiger partial charge in [-0.05, 0) is 42.7 Å². The Balaban J connectivity index is 1.40. The number of hydrogen-bond acceptors (Lipinski definition) is 4. The molecule has 7 heteroatoms. The van der Waals surface area contributed by atoms with Gasteiger partial charge in [0.15, 0.2) is 0 Å². The average Bonchev–Trinajstić information content (AvgIpc) is 3.23. The van der Waals surface area contributed by atoms with Crippen molar-refractivity contribution in [2.24, 2.45) is 0 Å². The van der Waals surface area contributed by atoms with Gasteiger partial charge in [-0.3, -0.25) is 9.59 Å². The number of carbonyl (C=O) groups excluding carboxylic acids is 1. The molecule has 1 N–H and O–H groups in total. The maximum Gasteiger partial charge on any atom is 0.277 e. The molecule has 4 rings (SSSR count).